The van der Waals surface area contributed by atoms with Crippen LogP contribution in [0.1, 0.15) is 31.3 Å². The third kappa shape index (κ3) is 3.55. The highest BCUT2D eigenvalue weighted by Crippen LogP contribution is 2.35. The minimum absolute atomic E-state index is 0.0540. The largest absolute Gasteiger partial charge is 0.308 e. The quantitative estimate of drug-likeness (QED) is 0.644. The van der Waals surface area contributed by atoms with Crippen LogP contribution in [-0.2, 0) is 0 Å². The van der Waals surface area contributed by atoms with Gasteiger partial charge in [0.2, 0.25) is 0 Å². The van der Waals surface area contributed by atoms with Gasteiger partial charge in [-0.15, -0.1) is 10.2 Å². The zero-order chi connectivity index (χ0) is 15.4. The van der Waals surface area contributed by atoms with Crippen LogP contribution in [0.3, 0.4) is 0 Å². The second kappa shape index (κ2) is 6.93. The molecule has 0 aliphatic rings. The molecule has 0 bridgehead atoms. The van der Waals surface area contributed by atoms with Crippen molar-refractivity contribution in [1.82, 2.24) is 15.5 Å². The van der Waals surface area contributed by atoms with Gasteiger partial charge in [-0.1, -0.05) is 36.8 Å². The second-order valence-corrected chi connectivity index (χ2v) is 5.83. The predicted octanol–water partition coefficient (Wildman–Crippen LogP) is 3.83. The normalized spacial score (nSPS) is 12.3. The van der Waals surface area contributed by atoms with E-state index in [0.717, 1.165) is 18.0 Å². The summed E-state index contributed by atoms with van der Waals surface area (Å²) in [5.74, 6) is 0. The van der Waals surface area contributed by atoms with E-state index < -0.39 is 4.92 Å². The van der Waals surface area contributed by atoms with Crippen molar-refractivity contribution in [1.29, 1.82) is 0 Å². The van der Waals surface area contributed by atoms with E-state index in [4.69, 9.17) is 11.6 Å². The number of hydrogen-bond donors (Lipinski definition) is 1. The molecule has 0 saturated carbocycles. The number of rotatable bonds is 6. The predicted molar refractivity (Wildman–Crippen MR) is 83.7 cm³/mol. The molecule has 1 N–H and O–H groups in total. The van der Waals surface area contributed by atoms with E-state index in [0.29, 0.717) is 15.6 Å². The Morgan fingerprint density at radius 2 is 2.19 bits per heavy atom. The molecule has 1 aromatic carbocycles. The van der Waals surface area contributed by atoms with E-state index in [1.165, 1.54) is 17.4 Å². The van der Waals surface area contributed by atoms with Gasteiger partial charge < -0.3 is 5.32 Å². The van der Waals surface area contributed by atoms with Gasteiger partial charge in [-0.05, 0) is 25.1 Å². The third-order valence-electron chi connectivity index (χ3n) is 2.98. The molecule has 1 atom stereocenters. The first kappa shape index (κ1) is 15.8. The Balaban J connectivity index is 2.40. The average molecular weight is 327 g/mol. The lowest BCUT2D eigenvalue weighted by atomic mass is 10.2. The molecule has 0 fully saturated rings. The Labute approximate surface area is 131 Å². The van der Waals surface area contributed by atoms with Gasteiger partial charge in [0.15, 0.2) is 5.01 Å². The van der Waals surface area contributed by atoms with Crippen LogP contribution in [0, 0.1) is 10.1 Å². The van der Waals surface area contributed by atoms with Gasteiger partial charge in [0, 0.05) is 11.1 Å². The number of nitro groups is 1. The lowest BCUT2D eigenvalue weighted by Gasteiger charge is -2.10. The fraction of sp³-hybridized carbons (Fsp3) is 0.385. The number of halogens is 1. The fourth-order valence-corrected chi connectivity index (χ4v) is 3.18. The van der Waals surface area contributed by atoms with Crippen molar-refractivity contribution in [3.8, 4) is 10.6 Å². The standard InChI is InChI=1S/C13H15ClN4O2S/c1-3-10(15-4-2)13-17-16-12(21-13)9-6-5-8(14)7-11(9)18(19)20/h5-7,10,15H,3-4H2,1-2H3. The number of hydrogen-bond acceptors (Lipinski definition) is 6. The zero-order valence-electron chi connectivity index (χ0n) is 11.7. The molecule has 1 heterocycles. The number of aromatic nitrogens is 2. The number of nitro benzene ring substituents is 1. The van der Waals surface area contributed by atoms with E-state index in [1.54, 1.807) is 12.1 Å². The zero-order valence-corrected chi connectivity index (χ0v) is 13.2. The molecular formula is C13H15ClN4O2S. The van der Waals surface area contributed by atoms with Crippen molar-refractivity contribution in [2.45, 2.75) is 26.3 Å². The Morgan fingerprint density at radius 3 is 2.81 bits per heavy atom. The average Bonchev–Trinajstić information content (AvgIpc) is 2.94. The van der Waals surface area contributed by atoms with Crippen LogP contribution >= 0.6 is 22.9 Å². The Hall–Kier alpha value is -1.57. The van der Waals surface area contributed by atoms with Crippen LogP contribution in [0.5, 0.6) is 0 Å². The summed E-state index contributed by atoms with van der Waals surface area (Å²) in [6.45, 7) is 4.91. The smallest absolute Gasteiger partial charge is 0.281 e. The molecule has 6 nitrogen and oxygen atoms in total. The maximum atomic E-state index is 11.1. The molecule has 0 radical (unpaired) electrons. The van der Waals surface area contributed by atoms with Crippen LogP contribution < -0.4 is 5.32 Å². The van der Waals surface area contributed by atoms with Crippen LogP contribution in [-0.4, -0.2) is 21.7 Å². The van der Waals surface area contributed by atoms with Crippen molar-refractivity contribution in [3.05, 3.63) is 38.3 Å². The highest BCUT2D eigenvalue weighted by Gasteiger charge is 2.21. The summed E-state index contributed by atoms with van der Waals surface area (Å²) in [5, 5.41) is 24.4. The van der Waals surface area contributed by atoms with Crippen molar-refractivity contribution in [2.24, 2.45) is 0 Å². The Bertz CT molecular complexity index is 647. The van der Waals surface area contributed by atoms with Gasteiger partial charge >= 0.3 is 0 Å². The first-order chi connectivity index (χ1) is 10.1. The molecule has 2 rings (SSSR count). The Morgan fingerprint density at radius 1 is 1.43 bits per heavy atom. The molecule has 21 heavy (non-hydrogen) atoms. The van der Waals surface area contributed by atoms with Crippen molar-refractivity contribution in [3.63, 3.8) is 0 Å². The lowest BCUT2D eigenvalue weighted by Crippen LogP contribution is -2.19. The van der Waals surface area contributed by atoms with Gasteiger partial charge in [0.05, 0.1) is 16.5 Å². The number of benzene rings is 1. The lowest BCUT2D eigenvalue weighted by molar-refractivity contribution is -0.384. The molecule has 1 unspecified atom stereocenters. The van der Waals surface area contributed by atoms with E-state index in [1.807, 2.05) is 6.92 Å². The molecular weight excluding hydrogens is 312 g/mol. The van der Waals surface area contributed by atoms with Gasteiger partial charge in [0.25, 0.3) is 5.69 Å². The number of nitrogens with zero attached hydrogens (tertiary/aromatic N) is 3. The number of nitrogens with one attached hydrogen (secondary N) is 1. The van der Waals surface area contributed by atoms with E-state index in [2.05, 4.69) is 22.4 Å². The maximum Gasteiger partial charge on any atom is 0.281 e. The van der Waals surface area contributed by atoms with Gasteiger partial charge in [-0.2, -0.15) is 0 Å². The third-order valence-corrected chi connectivity index (χ3v) is 4.29. The highest BCUT2D eigenvalue weighted by molar-refractivity contribution is 7.14. The molecule has 112 valence electrons. The maximum absolute atomic E-state index is 11.1. The van der Waals surface area contributed by atoms with E-state index in [-0.39, 0.29) is 11.7 Å². The fourth-order valence-electron chi connectivity index (χ4n) is 1.97. The van der Waals surface area contributed by atoms with E-state index >= 15 is 0 Å². The molecule has 0 spiro atoms. The van der Waals surface area contributed by atoms with Gasteiger partial charge in [-0.25, -0.2) is 0 Å². The van der Waals surface area contributed by atoms with Crippen LogP contribution in [0.15, 0.2) is 18.2 Å². The molecule has 0 saturated heterocycles. The first-order valence-electron chi connectivity index (χ1n) is 6.57. The van der Waals surface area contributed by atoms with Crippen LogP contribution in [0.2, 0.25) is 5.02 Å². The summed E-state index contributed by atoms with van der Waals surface area (Å²) in [6.07, 6.45) is 0.880. The molecule has 0 aliphatic carbocycles. The summed E-state index contributed by atoms with van der Waals surface area (Å²) in [6, 6.07) is 4.68. The summed E-state index contributed by atoms with van der Waals surface area (Å²) in [7, 11) is 0. The minimum Gasteiger partial charge on any atom is -0.308 e. The summed E-state index contributed by atoms with van der Waals surface area (Å²) in [5.41, 5.74) is 0.390. The molecule has 0 aliphatic heterocycles. The topological polar surface area (TPSA) is 81.0 Å². The van der Waals surface area contributed by atoms with Crippen molar-refractivity contribution in [2.75, 3.05) is 6.54 Å². The molecule has 1 aromatic heterocycles. The summed E-state index contributed by atoms with van der Waals surface area (Å²) < 4.78 is 0. The van der Waals surface area contributed by atoms with E-state index in [9.17, 15) is 10.1 Å². The summed E-state index contributed by atoms with van der Waals surface area (Å²) in [4.78, 5) is 10.7. The van der Waals surface area contributed by atoms with Crippen molar-refractivity contribution >= 4 is 28.6 Å². The SMILES string of the molecule is CCNC(CC)c1nnc(-c2ccc(Cl)cc2[N+](=O)[O-])s1. The summed E-state index contributed by atoms with van der Waals surface area (Å²) >= 11 is 7.18. The van der Waals surface area contributed by atoms with Gasteiger partial charge in [0.1, 0.15) is 5.01 Å². The Kier molecular flexibility index (Phi) is 5.22. The highest BCUT2D eigenvalue weighted by atomic mass is 35.5. The van der Waals surface area contributed by atoms with Crippen LogP contribution in [0.25, 0.3) is 10.6 Å². The monoisotopic (exact) mass is 326 g/mol. The van der Waals surface area contributed by atoms with Gasteiger partial charge in [-0.3, -0.25) is 10.1 Å². The first-order valence-corrected chi connectivity index (χ1v) is 7.77. The van der Waals surface area contributed by atoms with Crippen molar-refractivity contribution < 1.29 is 4.92 Å². The molecule has 2 aromatic rings. The van der Waals surface area contributed by atoms with Crippen LogP contribution in [0.4, 0.5) is 5.69 Å². The molecule has 8 heteroatoms. The minimum atomic E-state index is -0.454. The molecule has 0 amide bonds. The second-order valence-electron chi connectivity index (χ2n) is 4.38.